The van der Waals surface area contributed by atoms with E-state index < -0.39 is 0 Å². The molecule has 0 amide bonds. The van der Waals surface area contributed by atoms with Crippen LogP contribution in [0.15, 0.2) is 42.5 Å². The summed E-state index contributed by atoms with van der Waals surface area (Å²) in [5.74, 6) is 0.694. The zero-order chi connectivity index (χ0) is 14.7. The van der Waals surface area contributed by atoms with Crippen molar-refractivity contribution >= 4 is 5.78 Å². The lowest BCUT2D eigenvalue weighted by molar-refractivity contribution is 0.103. The minimum atomic E-state index is 0.0244. The second kappa shape index (κ2) is 6.10. The van der Waals surface area contributed by atoms with Gasteiger partial charge in [0.1, 0.15) is 5.75 Å². The van der Waals surface area contributed by atoms with Crippen molar-refractivity contribution in [3.63, 3.8) is 0 Å². The zero-order valence-electron chi connectivity index (χ0n) is 12.2. The van der Waals surface area contributed by atoms with Crippen LogP contribution in [0.25, 0.3) is 0 Å². The van der Waals surface area contributed by atoms with Crippen LogP contribution in [0.3, 0.4) is 0 Å². The van der Waals surface area contributed by atoms with Gasteiger partial charge in [-0.05, 0) is 35.7 Å². The second-order valence-corrected chi connectivity index (χ2v) is 5.26. The summed E-state index contributed by atoms with van der Waals surface area (Å²) < 4.78 is 5.69. The number of ketones is 1. The average molecular weight is 281 g/mol. The van der Waals surface area contributed by atoms with Gasteiger partial charge in [-0.1, -0.05) is 31.2 Å². The van der Waals surface area contributed by atoms with Crippen LogP contribution in [0.5, 0.6) is 5.75 Å². The third-order valence-electron chi connectivity index (χ3n) is 3.69. The third-order valence-corrected chi connectivity index (χ3v) is 3.69. The molecule has 0 radical (unpaired) electrons. The highest BCUT2D eigenvalue weighted by Gasteiger charge is 2.17. The van der Waals surface area contributed by atoms with Crippen LogP contribution in [0, 0.1) is 0 Å². The maximum Gasteiger partial charge on any atom is 0.196 e. The van der Waals surface area contributed by atoms with Gasteiger partial charge in [-0.15, -0.1) is 0 Å². The van der Waals surface area contributed by atoms with Gasteiger partial charge in [-0.25, -0.2) is 0 Å². The van der Waals surface area contributed by atoms with Crippen molar-refractivity contribution in [1.29, 1.82) is 0 Å². The lowest BCUT2D eigenvalue weighted by atomic mass is 9.99. The van der Waals surface area contributed by atoms with Crippen molar-refractivity contribution in [3.8, 4) is 5.75 Å². The Morgan fingerprint density at radius 1 is 1.14 bits per heavy atom. The standard InChI is InChI=1S/C18H19NO2/c1-2-9-21-17-6-4-3-5-16(17)18(20)13-7-8-14-11-19-12-15(14)10-13/h3-8,10,19H,2,9,11-12H2,1H3. The van der Waals surface area contributed by atoms with Gasteiger partial charge in [0.25, 0.3) is 0 Å². The number of carbonyl (C=O) groups is 1. The Balaban J connectivity index is 1.91. The highest BCUT2D eigenvalue weighted by atomic mass is 16.5. The minimum Gasteiger partial charge on any atom is -0.493 e. The fraction of sp³-hybridized carbons (Fsp3) is 0.278. The Hall–Kier alpha value is -2.13. The number of hydrogen-bond acceptors (Lipinski definition) is 3. The predicted molar refractivity (Wildman–Crippen MR) is 82.6 cm³/mol. The molecule has 1 N–H and O–H groups in total. The van der Waals surface area contributed by atoms with E-state index in [1.54, 1.807) is 0 Å². The Kier molecular flexibility index (Phi) is 4.02. The van der Waals surface area contributed by atoms with E-state index in [4.69, 9.17) is 4.74 Å². The maximum absolute atomic E-state index is 12.7. The summed E-state index contributed by atoms with van der Waals surface area (Å²) in [4.78, 5) is 12.7. The smallest absolute Gasteiger partial charge is 0.196 e. The molecule has 2 aromatic carbocycles. The molecule has 0 atom stereocenters. The molecule has 0 saturated carbocycles. The number of benzene rings is 2. The molecular weight excluding hydrogens is 262 g/mol. The summed E-state index contributed by atoms with van der Waals surface area (Å²) in [5, 5.41) is 3.30. The van der Waals surface area contributed by atoms with E-state index in [1.807, 2.05) is 42.5 Å². The van der Waals surface area contributed by atoms with Gasteiger partial charge < -0.3 is 10.1 Å². The molecule has 1 heterocycles. The molecule has 1 aliphatic heterocycles. The van der Waals surface area contributed by atoms with Gasteiger partial charge in [0.15, 0.2) is 5.78 Å². The molecule has 0 fully saturated rings. The number of rotatable bonds is 5. The summed E-state index contributed by atoms with van der Waals surface area (Å²) in [6.45, 7) is 4.40. The highest BCUT2D eigenvalue weighted by molar-refractivity contribution is 6.10. The van der Waals surface area contributed by atoms with Crippen LogP contribution in [0.1, 0.15) is 40.4 Å². The molecule has 0 unspecified atom stereocenters. The fourth-order valence-corrected chi connectivity index (χ4v) is 2.58. The van der Waals surface area contributed by atoms with Gasteiger partial charge >= 0.3 is 0 Å². The monoisotopic (exact) mass is 281 g/mol. The van der Waals surface area contributed by atoms with Gasteiger partial charge in [-0.3, -0.25) is 4.79 Å². The van der Waals surface area contributed by atoms with Crippen LogP contribution in [0.4, 0.5) is 0 Å². The van der Waals surface area contributed by atoms with E-state index in [0.29, 0.717) is 17.9 Å². The quantitative estimate of drug-likeness (QED) is 0.854. The molecule has 0 saturated heterocycles. The number of ether oxygens (including phenoxy) is 1. The molecule has 0 bridgehead atoms. The molecule has 0 aromatic heterocycles. The van der Waals surface area contributed by atoms with Crippen LogP contribution < -0.4 is 10.1 Å². The third kappa shape index (κ3) is 2.83. The van der Waals surface area contributed by atoms with Gasteiger partial charge in [0, 0.05) is 18.7 Å². The summed E-state index contributed by atoms with van der Waals surface area (Å²) in [6.07, 6.45) is 0.924. The van der Waals surface area contributed by atoms with E-state index in [9.17, 15) is 4.79 Å². The van der Waals surface area contributed by atoms with Crippen molar-refractivity contribution in [3.05, 3.63) is 64.7 Å². The van der Waals surface area contributed by atoms with Crippen molar-refractivity contribution in [2.75, 3.05) is 6.61 Å². The van der Waals surface area contributed by atoms with Crippen LogP contribution in [0.2, 0.25) is 0 Å². The average Bonchev–Trinajstić information content (AvgIpc) is 3.00. The van der Waals surface area contributed by atoms with E-state index in [2.05, 4.69) is 12.2 Å². The van der Waals surface area contributed by atoms with Crippen molar-refractivity contribution < 1.29 is 9.53 Å². The number of para-hydroxylation sites is 1. The molecule has 21 heavy (non-hydrogen) atoms. The molecule has 3 heteroatoms. The first-order chi connectivity index (χ1) is 10.3. The lowest BCUT2D eigenvalue weighted by Gasteiger charge is -2.10. The molecule has 0 aliphatic carbocycles. The minimum absolute atomic E-state index is 0.0244. The van der Waals surface area contributed by atoms with Gasteiger partial charge in [0.2, 0.25) is 0 Å². The van der Waals surface area contributed by atoms with Gasteiger partial charge in [-0.2, -0.15) is 0 Å². The first kappa shape index (κ1) is 13.8. The van der Waals surface area contributed by atoms with E-state index >= 15 is 0 Å². The summed E-state index contributed by atoms with van der Waals surface area (Å²) >= 11 is 0. The Bertz CT molecular complexity index is 664. The zero-order valence-corrected chi connectivity index (χ0v) is 12.2. The molecule has 0 spiro atoms. The normalized spacial score (nSPS) is 13.0. The molecule has 3 nitrogen and oxygen atoms in total. The second-order valence-electron chi connectivity index (χ2n) is 5.26. The molecular formula is C18H19NO2. The SMILES string of the molecule is CCCOc1ccccc1C(=O)c1ccc2c(c1)CNC2. The van der Waals surface area contributed by atoms with E-state index in [0.717, 1.165) is 25.1 Å². The van der Waals surface area contributed by atoms with Crippen molar-refractivity contribution in [2.24, 2.45) is 0 Å². The van der Waals surface area contributed by atoms with Gasteiger partial charge in [0.05, 0.1) is 12.2 Å². The van der Waals surface area contributed by atoms with Crippen molar-refractivity contribution in [2.45, 2.75) is 26.4 Å². The first-order valence-corrected chi connectivity index (χ1v) is 7.38. The molecule has 108 valence electrons. The molecule has 1 aliphatic rings. The topological polar surface area (TPSA) is 38.3 Å². The number of nitrogens with one attached hydrogen (secondary N) is 1. The Morgan fingerprint density at radius 2 is 1.95 bits per heavy atom. The van der Waals surface area contributed by atoms with Crippen LogP contribution in [-0.2, 0) is 13.1 Å². The largest absolute Gasteiger partial charge is 0.493 e. The summed E-state index contributed by atoms with van der Waals surface area (Å²) in [6, 6.07) is 13.4. The van der Waals surface area contributed by atoms with Crippen molar-refractivity contribution in [1.82, 2.24) is 5.32 Å². The van der Waals surface area contributed by atoms with Crippen LogP contribution >= 0.6 is 0 Å². The summed E-state index contributed by atoms with van der Waals surface area (Å²) in [5.41, 5.74) is 3.86. The van der Waals surface area contributed by atoms with Crippen LogP contribution in [-0.4, -0.2) is 12.4 Å². The molecule has 3 rings (SSSR count). The lowest BCUT2D eigenvalue weighted by Crippen LogP contribution is -2.06. The Labute approximate surface area is 124 Å². The number of hydrogen-bond donors (Lipinski definition) is 1. The first-order valence-electron chi connectivity index (χ1n) is 7.38. The van der Waals surface area contributed by atoms with E-state index in [1.165, 1.54) is 11.1 Å². The highest BCUT2D eigenvalue weighted by Crippen LogP contribution is 2.24. The number of carbonyl (C=O) groups excluding carboxylic acids is 1. The fourth-order valence-electron chi connectivity index (χ4n) is 2.58. The Morgan fingerprint density at radius 3 is 2.81 bits per heavy atom. The molecule has 2 aromatic rings. The predicted octanol–water partition coefficient (Wildman–Crippen LogP) is 3.31. The maximum atomic E-state index is 12.7. The number of fused-ring (bicyclic) bond motifs is 1. The summed E-state index contributed by atoms with van der Waals surface area (Å²) in [7, 11) is 0. The van der Waals surface area contributed by atoms with E-state index in [-0.39, 0.29) is 5.78 Å².